The Labute approximate surface area is 86.5 Å². The molecular formula is C11H10BrN. The van der Waals surface area contributed by atoms with Gasteiger partial charge in [0.15, 0.2) is 0 Å². The van der Waals surface area contributed by atoms with E-state index in [1.807, 2.05) is 18.2 Å². The van der Waals surface area contributed by atoms with Crippen molar-refractivity contribution in [2.24, 2.45) is 0 Å². The molecule has 1 saturated carbocycles. The molecule has 0 aromatic heterocycles. The van der Waals surface area contributed by atoms with Crippen LogP contribution in [0.25, 0.3) is 0 Å². The molecule has 0 saturated heterocycles. The Bertz CT molecular complexity index is 361. The summed E-state index contributed by atoms with van der Waals surface area (Å²) in [5.41, 5.74) is 0.986. The van der Waals surface area contributed by atoms with E-state index in [1.54, 1.807) is 0 Å². The normalized spacial score (nSPS) is 18.8. The molecule has 0 heterocycles. The molecule has 0 atom stereocenters. The summed E-state index contributed by atoms with van der Waals surface area (Å²) in [5.74, 6) is 0. The van der Waals surface area contributed by atoms with Crippen molar-refractivity contribution >= 4 is 15.9 Å². The number of rotatable bonds is 1. The molecule has 0 unspecified atom stereocenters. The molecule has 1 fully saturated rings. The van der Waals surface area contributed by atoms with Gasteiger partial charge in [0, 0.05) is 4.47 Å². The molecule has 1 nitrogen and oxygen atoms in total. The van der Waals surface area contributed by atoms with Gasteiger partial charge in [-0.05, 0) is 37.0 Å². The highest BCUT2D eigenvalue weighted by atomic mass is 79.9. The van der Waals surface area contributed by atoms with E-state index in [0.717, 1.165) is 22.9 Å². The second kappa shape index (κ2) is 3.16. The third kappa shape index (κ3) is 1.38. The van der Waals surface area contributed by atoms with Crippen LogP contribution >= 0.6 is 15.9 Å². The first-order chi connectivity index (χ1) is 6.27. The Morgan fingerprint density at radius 1 is 1.38 bits per heavy atom. The van der Waals surface area contributed by atoms with Crippen molar-refractivity contribution in [2.45, 2.75) is 24.7 Å². The van der Waals surface area contributed by atoms with Crippen molar-refractivity contribution < 1.29 is 0 Å². The monoisotopic (exact) mass is 235 g/mol. The molecular weight excluding hydrogens is 226 g/mol. The Balaban J connectivity index is 2.40. The van der Waals surface area contributed by atoms with Crippen molar-refractivity contribution in [1.82, 2.24) is 0 Å². The zero-order valence-electron chi connectivity index (χ0n) is 7.26. The molecule has 1 aromatic carbocycles. The zero-order valence-corrected chi connectivity index (χ0v) is 8.84. The van der Waals surface area contributed by atoms with Crippen LogP contribution in [0.3, 0.4) is 0 Å². The molecule has 0 spiro atoms. The molecule has 0 N–H and O–H groups in total. The largest absolute Gasteiger partial charge is 0.197 e. The molecule has 13 heavy (non-hydrogen) atoms. The predicted molar refractivity (Wildman–Crippen MR) is 55.3 cm³/mol. The number of nitriles is 1. The maximum absolute atomic E-state index is 9.12. The number of hydrogen-bond acceptors (Lipinski definition) is 1. The van der Waals surface area contributed by atoms with E-state index in [4.69, 9.17) is 5.26 Å². The van der Waals surface area contributed by atoms with Crippen LogP contribution in [0.5, 0.6) is 0 Å². The second-order valence-electron chi connectivity index (χ2n) is 3.56. The van der Waals surface area contributed by atoms with E-state index in [0.29, 0.717) is 0 Å². The summed E-state index contributed by atoms with van der Waals surface area (Å²) in [4.78, 5) is 0. The fraction of sp³-hybridized carbons (Fsp3) is 0.364. The predicted octanol–water partition coefficient (Wildman–Crippen LogP) is 3.39. The third-order valence-electron chi connectivity index (χ3n) is 2.80. The van der Waals surface area contributed by atoms with Crippen LogP contribution in [0.4, 0.5) is 0 Å². The molecule has 1 aromatic rings. The quantitative estimate of drug-likeness (QED) is 0.733. The highest BCUT2D eigenvalue weighted by Gasteiger charge is 2.38. The third-order valence-corrected chi connectivity index (χ3v) is 3.29. The lowest BCUT2D eigenvalue weighted by Gasteiger charge is -2.35. The minimum absolute atomic E-state index is 0.177. The van der Waals surface area contributed by atoms with Gasteiger partial charge in [0.05, 0.1) is 11.5 Å². The summed E-state index contributed by atoms with van der Waals surface area (Å²) >= 11 is 3.43. The molecule has 0 amide bonds. The van der Waals surface area contributed by atoms with E-state index in [9.17, 15) is 0 Å². The highest BCUT2D eigenvalue weighted by Crippen LogP contribution is 2.43. The van der Waals surface area contributed by atoms with Crippen molar-refractivity contribution in [1.29, 1.82) is 5.26 Å². The van der Waals surface area contributed by atoms with Crippen molar-refractivity contribution in [3.63, 3.8) is 0 Å². The fourth-order valence-corrected chi connectivity index (χ4v) is 2.18. The summed E-state index contributed by atoms with van der Waals surface area (Å²) in [7, 11) is 0. The maximum Gasteiger partial charge on any atom is 0.0822 e. The summed E-state index contributed by atoms with van der Waals surface area (Å²) in [5, 5.41) is 9.12. The van der Waals surface area contributed by atoms with Gasteiger partial charge in [0.25, 0.3) is 0 Å². The van der Waals surface area contributed by atoms with E-state index in [1.165, 1.54) is 6.42 Å². The van der Waals surface area contributed by atoms with E-state index < -0.39 is 0 Å². The van der Waals surface area contributed by atoms with Crippen LogP contribution in [-0.4, -0.2) is 0 Å². The lowest BCUT2D eigenvalue weighted by Crippen LogP contribution is -2.32. The number of nitrogens with zero attached hydrogens (tertiary/aromatic N) is 1. The van der Waals surface area contributed by atoms with Crippen molar-refractivity contribution in [2.75, 3.05) is 0 Å². The average molecular weight is 236 g/mol. The molecule has 0 aliphatic heterocycles. The van der Waals surface area contributed by atoms with Gasteiger partial charge in [-0.3, -0.25) is 0 Å². The smallest absolute Gasteiger partial charge is 0.0822 e. The van der Waals surface area contributed by atoms with Crippen LogP contribution in [0.2, 0.25) is 0 Å². The Morgan fingerprint density at radius 3 is 2.62 bits per heavy atom. The minimum atomic E-state index is -0.177. The molecule has 0 bridgehead atoms. The Hall–Kier alpha value is -0.810. The molecule has 1 aliphatic rings. The van der Waals surface area contributed by atoms with Crippen LogP contribution < -0.4 is 0 Å². The minimum Gasteiger partial charge on any atom is -0.197 e. The molecule has 1 aliphatic carbocycles. The summed E-state index contributed by atoms with van der Waals surface area (Å²) in [6.45, 7) is 0. The van der Waals surface area contributed by atoms with E-state index >= 15 is 0 Å². The SMILES string of the molecule is N#CC1(c2cccc(Br)c2)CCC1. The molecule has 2 rings (SSSR count). The summed E-state index contributed by atoms with van der Waals surface area (Å²) in [6, 6.07) is 10.5. The van der Waals surface area contributed by atoms with Crippen molar-refractivity contribution in [3.8, 4) is 6.07 Å². The molecule has 66 valence electrons. The topological polar surface area (TPSA) is 23.8 Å². The lowest BCUT2D eigenvalue weighted by atomic mass is 9.66. The van der Waals surface area contributed by atoms with Gasteiger partial charge >= 0.3 is 0 Å². The van der Waals surface area contributed by atoms with Gasteiger partial charge in [0.1, 0.15) is 0 Å². The first-order valence-corrected chi connectivity index (χ1v) is 5.23. The zero-order chi connectivity index (χ0) is 9.31. The van der Waals surface area contributed by atoms with Crippen molar-refractivity contribution in [3.05, 3.63) is 34.3 Å². The van der Waals surface area contributed by atoms with E-state index in [2.05, 4.69) is 28.1 Å². The first kappa shape index (κ1) is 8.77. The maximum atomic E-state index is 9.12. The number of benzene rings is 1. The number of hydrogen-bond donors (Lipinski definition) is 0. The van der Waals surface area contributed by atoms with Crippen LogP contribution in [0, 0.1) is 11.3 Å². The summed E-state index contributed by atoms with van der Waals surface area (Å²) < 4.78 is 1.06. The van der Waals surface area contributed by atoms with Gasteiger partial charge in [-0.15, -0.1) is 0 Å². The standard InChI is InChI=1S/C11H10BrN/c12-10-4-1-3-9(7-10)11(8-13)5-2-6-11/h1,3-4,7H,2,5-6H2. The summed E-state index contributed by atoms with van der Waals surface area (Å²) in [6.07, 6.45) is 3.21. The lowest BCUT2D eigenvalue weighted by molar-refractivity contribution is 0.324. The first-order valence-electron chi connectivity index (χ1n) is 4.44. The van der Waals surface area contributed by atoms with Gasteiger partial charge < -0.3 is 0 Å². The molecule has 0 radical (unpaired) electrons. The van der Waals surface area contributed by atoms with Gasteiger partial charge in [0.2, 0.25) is 0 Å². The van der Waals surface area contributed by atoms with Gasteiger partial charge in [-0.25, -0.2) is 0 Å². The van der Waals surface area contributed by atoms with Gasteiger partial charge in [-0.1, -0.05) is 28.1 Å². The van der Waals surface area contributed by atoms with Gasteiger partial charge in [-0.2, -0.15) is 5.26 Å². The van der Waals surface area contributed by atoms with E-state index in [-0.39, 0.29) is 5.41 Å². The Kier molecular flexibility index (Phi) is 2.13. The van der Waals surface area contributed by atoms with Crippen LogP contribution in [0.1, 0.15) is 24.8 Å². The second-order valence-corrected chi connectivity index (χ2v) is 4.47. The van der Waals surface area contributed by atoms with Crippen LogP contribution in [-0.2, 0) is 5.41 Å². The Morgan fingerprint density at radius 2 is 2.15 bits per heavy atom. The fourth-order valence-electron chi connectivity index (χ4n) is 1.78. The highest BCUT2D eigenvalue weighted by molar-refractivity contribution is 9.10. The van der Waals surface area contributed by atoms with Crippen LogP contribution in [0.15, 0.2) is 28.7 Å². The number of halogens is 1. The average Bonchev–Trinajstić information content (AvgIpc) is 2.03. The molecule has 2 heteroatoms.